The molecule has 3 rings (SSSR count). The summed E-state index contributed by atoms with van der Waals surface area (Å²) < 4.78 is 11.3. The van der Waals surface area contributed by atoms with E-state index in [2.05, 4.69) is 15.5 Å². The monoisotopic (exact) mass is 307 g/mol. The van der Waals surface area contributed by atoms with E-state index in [0.717, 1.165) is 43.3 Å². The highest BCUT2D eigenvalue weighted by Crippen LogP contribution is 2.18. The van der Waals surface area contributed by atoms with Crippen molar-refractivity contribution in [3.05, 3.63) is 46.7 Å². The molecule has 1 atom stereocenters. The Labute approximate surface area is 128 Å². The van der Waals surface area contributed by atoms with Crippen molar-refractivity contribution in [2.75, 3.05) is 26.3 Å². The van der Waals surface area contributed by atoms with Gasteiger partial charge in [-0.25, -0.2) is 0 Å². The van der Waals surface area contributed by atoms with Crippen LogP contribution in [0.3, 0.4) is 0 Å². The van der Waals surface area contributed by atoms with Crippen LogP contribution in [0.4, 0.5) is 0 Å². The average molecular weight is 308 g/mol. The molecule has 5 nitrogen and oxygen atoms in total. The summed E-state index contributed by atoms with van der Waals surface area (Å²) in [5.74, 6) is 0.818. The minimum atomic E-state index is 0.0425. The summed E-state index contributed by atoms with van der Waals surface area (Å²) in [4.78, 5) is 0. The van der Waals surface area contributed by atoms with Crippen molar-refractivity contribution in [1.29, 1.82) is 0 Å². The van der Waals surface area contributed by atoms with E-state index in [1.54, 1.807) is 0 Å². The molecule has 1 aromatic heterocycles. The summed E-state index contributed by atoms with van der Waals surface area (Å²) in [6.45, 7) is 3.04. The van der Waals surface area contributed by atoms with Gasteiger partial charge in [0.25, 0.3) is 0 Å². The standard InChI is InChI=1S/C15H18ClN3O2/c16-11-1-3-13(4-2-11)20-7-5-12-9-14(19-18-12)15-10-17-6-8-21-15/h1-4,9,15,17H,5-8,10H2,(H,18,19)/t15-/m0/s1. The van der Waals surface area contributed by atoms with Gasteiger partial charge in [-0.2, -0.15) is 5.10 Å². The van der Waals surface area contributed by atoms with Gasteiger partial charge in [-0.1, -0.05) is 11.6 Å². The van der Waals surface area contributed by atoms with Gasteiger partial charge in [0.05, 0.1) is 18.9 Å². The molecule has 1 fully saturated rings. The van der Waals surface area contributed by atoms with Gasteiger partial charge in [0.1, 0.15) is 11.9 Å². The largest absolute Gasteiger partial charge is 0.493 e. The molecule has 0 bridgehead atoms. The number of nitrogens with zero attached hydrogens (tertiary/aromatic N) is 1. The second-order valence-electron chi connectivity index (χ2n) is 4.93. The van der Waals surface area contributed by atoms with Gasteiger partial charge >= 0.3 is 0 Å². The van der Waals surface area contributed by atoms with E-state index in [-0.39, 0.29) is 6.10 Å². The zero-order valence-corrected chi connectivity index (χ0v) is 12.4. The van der Waals surface area contributed by atoms with Gasteiger partial charge < -0.3 is 14.8 Å². The number of hydrogen-bond acceptors (Lipinski definition) is 4. The predicted molar refractivity (Wildman–Crippen MR) is 80.8 cm³/mol. The second-order valence-corrected chi connectivity index (χ2v) is 5.37. The van der Waals surface area contributed by atoms with Crippen LogP contribution in [0.2, 0.25) is 5.02 Å². The van der Waals surface area contributed by atoms with Crippen LogP contribution >= 0.6 is 11.6 Å². The third-order valence-corrected chi connectivity index (χ3v) is 3.61. The van der Waals surface area contributed by atoms with Crippen molar-refractivity contribution < 1.29 is 9.47 Å². The SMILES string of the molecule is Clc1ccc(OCCc2cc([C@@H]3CNCCO3)n[nH]2)cc1. The molecule has 2 aromatic rings. The molecule has 0 amide bonds. The van der Waals surface area contributed by atoms with Crippen molar-refractivity contribution in [1.82, 2.24) is 15.5 Å². The topological polar surface area (TPSA) is 59.2 Å². The Hall–Kier alpha value is -1.56. The molecule has 2 heterocycles. The summed E-state index contributed by atoms with van der Waals surface area (Å²) >= 11 is 5.83. The third-order valence-electron chi connectivity index (χ3n) is 3.36. The van der Waals surface area contributed by atoms with Crippen LogP contribution in [0.15, 0.2) is 30.3 Å². The van der Waals surface area contributed by atoms with Gasteiger partial charge in [0, 0.05) is 30.2 Å². The number of rotatable bonds is 5. The minimum absolute atomic E-state index is 0.0425. The fraction of sp³-hybridized carbons (Fsp3) is 0.400. The Balaban J connectivity index is 1.49. The normalized spacial score (nSPS) is 18.6. The first kappa shape index (κ1) is 14.4. The zero-order valence-electron chi connectivity index (χ0n) is 11.6. The smallest absolute Gasteiger partial charge is 0.119 e. The molecule has 21 heavy (non-hydrogen) atoms. The molecule has 1 aliphatic rings. The van der Waals surface area contributed by atoms with Crippen molar-refractivity contribution in [3.8, 4) is 5.75 Å². The van der Waals surface area contributed by atoms with Crippen molar-refractivity contribution in [2.24, 2.45) is 0 Å². The summed E-state index contributed by atoms with van der Waals surface area (Å²) in [7, 11) is 0. The van der Waals surface area contributed by atoms with Crippen LogP contribution in [-0.2, 0) is 11.2 Å². The maximum absolute atomic E-state index is 5.83. The van der Waals surface area contributed by atoms with Crippen LogP contribution in [0.1, 0.15) is 17.5 Å². The molecule has 1 aromatic carbocycles. The van der Waals surface area contributed by atoms with Crippen LogP contribution in [0.25, 0.3) is 0 Å². The van der Waals surface area contributed by atoms with Crippen LogP contribution in [0.5, 0.6) is 5.75 Å². The molecule has 1 aliphatic heterocycles. The number of benzene rings is 1. The van der Waals surface area contributed by atoms with E-state index in [0.29, 0.717) is 11.6 Å². The maximum Gasteiger partial charge on any atom is 0.119 e. The molecule has 112 valence electrons. The first-order chi connectivity index (χ1) is 10.3. The Morgan fingerprint density at radius 3 is 2.95 bits per heavy atom. The van der Waals surface area contributed by atoms with Gasteiger partial charge in [0.2, 0.25) is 0 Å². The molecule has 2 N–H and O–H groups in total. The predicted octanol–water partition coefficient (Wildman–Crippen LogP) is 2.35. The summed E-state index contributed by atoms with van der Waals surface area (Å²) in [5, 5.41) is 11.4. The molecule has 0 saturated carbocycles. The van der Waals surface area contributed by atoms with E-state index in [1.807, 2.05) is 30.3 Å². The van der Waals surface area contributed by atoms with Gasteiger partial charge in [-0.3, -0.25) is 5.10 Å². The lowest BCUT2D eigenvalue weighted by molar-refractivity contribution is 0.0250. The van der Waals surface area contributed by atoms with Crippen LogP contribution in [0, 0.1) is 0 Å². The molecular formula is C15H18ClN3O2. The molecule has 0 spiro atoms. The molecule has 6 heteroatoms. The Bertz CT molecular complexity index is 565. The van der Waals surface area contributed by atoms with Crippen LogP contribution < -0.4 is 10.1 Å². The van der Waals surface area contributed by atoms with Gasteiger partial charge in [-0.15, -0.1) is 0 Å². The Morgan fingerprint density at radius 1 is 1.33 bits per heavy atom. The number of H-pyrrole nitrogens is 1. The quantitative estimate of drug-likeness (QED) is 0.890. The van der Waals surface area contributed by atoms with E-state index in [4.69, 9.17) is 21.1 Å². The lowest BCUT2D eigenvalue weighted by Crippen LogP contribution is -2.33. The molecule has 0 aliphatic carbocycles. The number of aromatic nitrogens is 2. The zero-order chi connectivity index (χ0) is 14.5. The van der Waals surface area contributed by atoms with Crippen molar-refractivity contribution in [3.63, 3.8) is 0 Å². The lowest BCUT2D eigenvalue weighted by atomic mass is 10.2. The highest BCUT2D eigenvalue weighted by Gasteiger charge is 2.18. The Morgan fingerprint density at radius 2 is 2.19 bits per heavy atom. The lowest BCUT2D eigenvalue weighted by Gasteiger charge is -2.21. The summed E-state index contributed by atoms with van der Waals surface area (Å²) in [6, 6.07) is 9.41. The van der Waals surface area contributed by atoms with Gasteiger partial charge in [-0.05, 0) is 30.3 Å². The number of nitrogens with one attached hydrogen (secondary N) is 2. The highest BCUT2D eigenvalue weighted by atomic mass is 35.5. The van der Waals surface area contributed by atoms with E-state index in [1.165, 1.54) is 0 Å². The fourth-order valence-electron chi connectivity index (χ4n) is 2.24. The summed E-state index contributed by atoms with van der Waals surface area (Å²) in [5.41, 5.74) is 2.00. The van der Waals surface area contributed by atoms with E-state index < -0.39 is 0 Å². The molecule has 0 unspecified atom stereocenters. The third kappa shape index (κ3) is 3.97. The number of morpholine rings is 1. The van der Waals surface area contributed by atoms with Crippen LogP contribution in [-0.4, -0.2) is 36.5 Å². The number of hydrogen-bond donors (Lipinski definition) is 2. The Kier molecular flexibility index (Phi) is 4.75. The second kappa shape index (κ2) is 6.93. The van der Waals surface area contributed by atoms with E-state index in [9.17, 15) is 0 Å². The van der Waals surface area contributed by atoms with Gasteiger partial charge in [0.15, 0.2) is 0 Å². The molecule has 0 radical (unpaired) electrons. The average Bonchev–Trinajstić information content (AvgIpc) is 2.99. The number of ether oxygens (including phenoxy) is 2. The molecular weight excluding hydrogens is 290 g/mol. The van der Waals surface area contributed by atoms with Crippen molar-refractivity contribution in [2.45, 2.75) is 12.5 Å². The number of aromatic amines is 1. The molecule has 1 saturated heterocycles. The minimum Gasteiger partial charge on any atom is -0.493 e. The first-order valence-corrected chi connectivity index (χ1v) is 7.44. The van der Waals surface area contributed by atoms with Crippen molar-refractivity contribution >= 4 is 11.6 Å². The highest BCUT2D eigenvalue weighted by molar-refractivity contribution is 6.30. The fourth-order valence-corrected chi connectivity index (χ4v) is 2.36. The first-order valence-electron chi connectivity index (χ1n) is 7.06. The maximum atomic E-state index is 5.83. The number of halogens is 1. The van der Waals surface area contributed by atoms with E-state index >= 15 is 0 Å². The summed E-state index contributed by atoms with van der Waals surface area (Å²) in [6.07, 6.45) is 0.816.